The normalized spacial score (nSPS) is 17.8. The first kappa shape index (κ1) is 20.4. The Morgan fingerprint density at radius 1 is 1.40 bits per heavy atom. The van der Waals surface area contributed by atoms with Crippen molar-refractivity contribution in [3.63, 3.8) is 0 Å². The van der Waals surface area contributed by atoms with Crippen LogP contribution in [0.25, 0.3) is 0 Å². The molecule has 136 valence electrons. The van der Waals surface area contributed by atoms with E-state index in [0.717, 1.165) is 26.7 Å². The molecule has 0 aromatic heterocycles. The average molecular weight is 495 g/mol. The number of allylic oxidation sites excluding steroid dienone is 2. The fraction of sp³-hybridized carbons (Fsp3) is 0.412. The Hall–Kier alpha value is -0.890. The maximum absolute atomic E-state index is 11.6. The number of aliphatic imine (C=N–C) groups is 1. The first-order valence-electron chi connectivity index (χ1n) is 7.85. The highest BCUT2D eigenvalue weighted by Crippen LogP contribution is 2.35. The average Bonchev–Trinajstić information content (AvgIpc) is 2.78. The molecular weight excluding hydrogens is 475 g/mol. The minimum absolute atomic E-state index is 0.0860. The maximum atomic E-state index is 11.6. The largest absolute Gasteiger partial charge is 0.510 e. The van der Waals surface area contributed by atoms with Gasteiger partial charge in [-0.05, 0) is 62.5 Å². The van der Waals surface area contributed by atoms with Crippen molar-refractivity contribution in [3.8, 4) is 5.75 Å². The summed E-state index contributed by atoms with van der Waals surface area (Å²) in [5, 5.41) is 9.06. The number of aliphatic hydroxyl groups excluding tert-OH is 1. The zero-order chi connectivity index (χ0) is 18.4. The molecule has 25 heavy (non-hydrogen) atoms. The van der Waals surface area contributed by atoms with E-state index in [9.17, 15) is 9.90 Å². The monoisotopic (exact) mass is 492 g/mol. The van der Waals surface area contributed by atoms with Gasteiger partial charge in [-0.3, -0.25) is 9.79 Å². The summed E-state index contributed by atoms with van der Waals surface area (Å²) in [6, 6.07) is 3.99. The molecule has 1 unspecified atom stereocenters. The molecular formula is C17H19Br2ClN2O3. The van der Waals surface area contributed by atoms with Crippen molar-refractivity contribution >= 4 is 55.5 Å². The minimum Gasteiger partial charge on any atom is -0.510 e. The number of benzene rings is 1. The Bertz CT molecular complexity index is 684. The van der Waals surface area contributed by atoms with Crippen LogP contribution < -0.4 is 10.5 Å². The Labute approximate surface area is 168 Å². The number of rotatable bonds is 8. The van der Waals surface area contributed by atoms with Crippen molar-refractivity contribution in [3.05, 3.63) is 38.0 Å². The number of halogens is 3. The van der Waals surface area contributed by atoms with E-state index in [1.807, 2.05) is 12.1 Å². The van der Waals surface area contributed by atoms with Crippen LogP contribution >= 0.6 is 43.5 Å². The fourth-order valence-corrected chi connectivity index (χ4v) is 4.13. The SMILES string of the molecule is NCCc1cc(Br)c(OCCCN=CC2=C(O)C(Cl)CC2=O)c(Br)c1. The lowest BCUT2D eigenvalue weighted by molar-refractivity contribution is -0.114. The predicted octanol–water partition coefficient (Wildman–Crippen LogP) is 3.94. The van der Waals surface area contributed by atoms with Crippen LogP contribution in [-0.4, -0.2) is 42.2 Å². The molecule has 1 aliphatic carbocycles. The van der Waals surface area contributed by atoms with E-state index in [1.54, 1.807) is 0 Å². The van der Waals surface area contributed by atoms with E-state index < -0.39 is 5.38 Å². The molecule has 8 heteroatoms. The van der Waals surface area contributed by atoms with Crippen molar-refractivity contribution in [2.24, 2.45) is 10.7 Å². The second-order valence-electron chi connectivity index (χ2n) is 5.56. The number of alkyl halides is 1. The van der Waals surface area contributed by atoms with Gasteiger partial charge in [-0.2, -0.15) is 0 Å². The van der Waals surface area contributed by atoms with E-state index >= 15 is 0 Å². The lowest BCUT2D eigenvalue weighted by atomic mass is 10.1. The molecule has 1 aromatic carbocycles. The van der Waals surface area contributed by atoms with Gasteiger partial charge >= 0.3 is 0 Å². The van der Waals surface area contributed by atoms with Gasteiger partial charge in [0.1, 0.15) is 11.5 Å². The lowest BCUT2D eigenvalue weighted by Gasteiger charge is -2.11. The van der Waals surface area contributed by atoms with Crippen LogP contribution in [0, 0.1) is 0 Å². The molecule has 0 saturated carbocycles. The molecule has 0 saturated heterocycles. The minimum atomic E-state index is -0.630. The number of Topliss-reactive ketones (excluding diaryl/α,β-unsaturated/α-hetero) is 1. The number of aliphatic hydroxyl groups is 1. The summed E-state index contributed by atoms with van der Waals surface area (Å²) in [6.07, 6.45) is 3.00. The smallest absolute Gasteiger partial charge is 0.169 e. The Balaban J connectivity index is 1.82. The zero-order valence-corrected chi connectivity index (χ0v) is 17.4. The predicted molar refractivity (Wildman–Crippen MR) is 107 cm³/mol. The first-order valence-corrected chi connectivity index (χ1v) is 9.87. The molecule has 1 atom stereocenters. The number of ketones is 1. The number of nitrogens with two attached hydrogens (primary N) is 1. The molecule has 0 spiro atoms. The van der Waals surface area contributed by atoms with Crippen LogP contribution in [0.3, 0.4) is 0 Å². The molecule has 0 aliphatic heterocycles. The highest BCUT2D eigenvalue weighted by molar-refractivity contribution is 9.11. The fourth-order valence-electron chi connectivity index (χ4n) is 2.37. The Kier molecular flexibility index (Phi) is 7.93. The van der Waals surface area contributed by atoms with E-state index in [2.05, 4.69) is 36.9 Å². The van der Waals surface area contributed by atoms with Gasteiger partial charge < -0.3 is 15.6 Å². The summed E-state index contributed by atoms with van der Waals surface area (Å²) < 4.78 is 7.52. The molecule has 2 rings (SSSR count). The van der Waals surface area contributed by atoms with Gasteiger partial charge in [-0.15, -0.1) is 11.6 Å². The molecule has 0 amide bonds. The standard InChI is InChI=1S/C17H19Br2ClN2O3/c18-12-6-10(2-3-21)7-13(19)17(12)25-5-1-4-22-9-11-15(23)8-14(20)16(11)24/h6-7,9,14,24H,1-5,8,21H2. The molecule has 0 radical (unpaired) electrons. The number of carbonyl (C=O) groups is 1. The number of carbonyl (C=O) groups excluding carboxylic acids is 1. The number of nitrogens with zero attached hydrogens (tertiary/aromatic N) is 1. The van der Waals surface area contributed by atoms with Crippen LogP contribution in [0.4, 0.5) is 0 Å². The Morgan fingerprint density at radius 3 is 2.64 bits per heavy atom. The van der Waals surface area contributed by atoms with Crippen molar-refractivity contribution in [1.29, 1.82) is 0 Å². The summed E-state index contributed by atoms with van der Waals surface area (Å²) in [7, 11) is 0. The molecule has 0 fully saturated rings. The summed E-state index contributed by atoms with van der Waals surface area (Å²) in [6.45, 7) is 1.55. The van der Waals surface area contributed by atoms with E-state index in [4.69, 9.17) is 22.1 Å². The number of hydrogen-bond acceptors (Lipinski definition) is 5. The van der Waals surface area contributed by atoms with Crippen molar-refractivity contribution in [2.45, 2.75) is 24.6 Å². The number of ether oxygens (including phenoxy) is 1. The van der Waals surface area contributed by atoms with E-state index in [-0.39, 0.29) is 23.5 Å². The van der Waals surface area contributed by atoms with Gasteiger partial charge in [0.25, 0.3) is 0 Å². The molecule has 1 aromatic rings. The molecule has 3 N–H and O–H groups in total. The van der Waals surface area contributed by atoms with Crippen molar-refractivity contribution in [2.75, 3.05) is 19.7 Å². The second kappa shape index (κ2) is 9.71. The first-order chi connectivity index (χ1) is 11.9. The van der Waals surface area contributed by atoms with Gasteiger partial charge in [0.05, 0.1) is 26.5 Å². The van der Waals surface area contributed by atoms with Gasteiger partial charge in [-0.25, -0.2) is 0 Å². The summed E-state index contributed by atoms with van der Waals surface area (Å²) in [5.41, 5.74) is 6.91. The third-order valence-electron chi connectivity index (χ3n) is 3.63. The molecule has 5 nitrogen and oxygen atoms in total. The number of hydrogen-bond donors (Lipinski definition) is 2. The van der Waals surface area contributed by atoms with Crippen LogP contribution in [0.2, 0.25) is 0 Å². The van der Waals surface area contributed by atoms with E-state index in [0.29, 0.717) is 26.1 Å². The highest BCUT2D eigenvalue weighted by Gasteiger charge is 2.29. The summed E-state index contributed by atoms with van der Waals surface area (Å²) in [4.78, 5) is 15.8. The van der Waals surface area contributed by atoms with Crippen LogP contribution in [0.15, 0.2) is 37.4 Å². The summed E-state index contributed by atoms with van der Waals surface area (Å²) in [5.74, 6) is 0.473. The van der Waals surface area contributed by atoms with Gasteiger partial charge in [0.15, 0.2) is 5.78 Å². The topological polar surface area (TPSA) is 84.9 Å². The van der Waals surface area contributed by atoms with Crippen molar-refractivity contribution in [1.82, 2.24) is 0 Å². The molecule has 0 bridgehead atoms. The van der Waals surface area contributed by atoms with Crippen LogP contribution in [0.1, 0.15) is 18.4 Å². The van der Waals surface area contributed by atoms with Gasteiger partial charge in [0, 0.05) is 25.6 Å². The van der Waals surface area contributed by atoms with Crippen LogP contribution in [0.5, 0.6) is 5.75 Å². The maximum Gasteiger partial charge on any atom is 0.169 e. The van der Waals surface area contributed by atoms with Crippen molar-refractivity contribution < 1.29 is 14.6 Å². The Morgan fingerprint density at radius 2 is 2.08 bits per heavy atom. The quantitative estimate of drug-likeness (QED) is 0.326. The molecule has 0 heterocycles. The second-order valence-corrected chi connectivity index (χ2v) is 7.79. The summed E-state index contributed by atoms with van der Waals surface area (Å²) >= 11 is 12.8. The van der Waals surface area contributed by atoms with Gasteiger partial charge in [0.2, 0.25) is 0 Å². The molecule has 1 aliphatic rings. The van der Waals surface area contributed by atoms with Gasteiger partial charge in [-0.1, -0.05) is 0 Å². The lowest BCUT2D eigenvalue weighted by Crippen LogP contribution is -2.04. The van der Waals surface area contributed by atoms with Crippen LogP contribution in [-0.2, 0) is 11.2 Å². The zero-order valence-electron chi connectivity index (χ0n) is 13.5. The third kappa shape index (κ3) is 5.54. The van der Waals surface area contributed by atoms with E-state index in [1.165, 1.54) is 6.21 Å². The third-order valence-corrected chi connectivity index (χ3v) is 5.17. The highest BCUT2D eigenvalue weighted by atomic mass is 79.9.